The quantitative estimate of drug-likeness (QED) is 0.403. The molecule has 0 aliphatic heterocycles. The van der Waals surface area contributed by atoms with Crippen LogP contribution in [-0.2, 0) is 0 Å². The maximum absolute atomic E-state index is 13.6. The first kappa shape index (κ1) is 12.6. The van der Waals surface area contributed by atoms with Gasteiger partial charge >= 0.3 is 0 Å². The molecule has 0 atom stereocenters. The molecule has 3 rings (SSSR count). The van der Waals surface area contributed by atoms with Gasteiger partial charge in [0.1, 0.15) is 10.8 Å². The van der Waals surface area contributed by atoms with Crippen LogP contribution in [0.1, 0.15) is 0 Å². The molecule has 0 spiro atoms. The van der Waals surface area contributed by atoms with Crippen LogP contribution in [0.3, 0.4) is 0 Å². The topological polar surface area (TPSA) is 69.2 Å². The third-order valence-electron chi connectivity index (χ3n) is 2.74. The van der Waals surface area contributed by atoms with Crippen molar-refractivity contribution < 1.29 is 13.7 Å². The number of para-hydroxylation sites is 1. The number of pyridine rings is 1. The summed E-state index contributed by atoms with van der Waals surface area (Å²) in [6, 6.07) is 8.40. The van der Waals surface area contributed by atoms with Crippen molar-refractivity contribution in [3.63, 3.8) is 0 Å². The second-order valence-corrected chi connectivity index (χ2v) is 4.45. The molecule has 0 bridgehead atoms. The highest BCUT2D eigenvalue weighted by Gasteiger charge is 2.15. The van der Waals surface area contributed by atoms with Gasteiger partial charge in [0, 0.05) is 11.5 Å². The van der Waals surface area contributed by atoms with Crippen molar-refractivity contribution in [2.75, 3.05) is 0 Å². The van der Waals surface area contributed by atoms with Crippen molar-refractivity contribution >= 4 is 28.3 Å². The van der Waals surface area contributed by atoms with Crippen molar-refractivity contribution in [2.24, 2.45) is 0 Å². The van der Waals surface area contributed by atoms with Crippen LogP contribution < -0.4 is 0 Å². The van der Waals surface area contributed by atoms with Crippen molar-refractivity contribution in [1.29, 1.82) is 0 Å². The van der Waals surface area contributed by atoms with Crippen molar-refractivity contribution in [3.8, 4) is 11.5 Å². The lowest BCUT2D eigenvalue weighted by Crippen LogP contribution is -1.91. The summed E-state index contributed by atoms with van der Waals surface area (Å²) in [4.78, 5) is 14.2. The van der Waals surface area contributed by atoms with Crippen LogP contribution >= 0.6 is 11.6 Å². The first-order valence-electron chi connectivity index (χ1n) is 5.55. The van der Waals surface area contributed by atoms with Gasteiger partial charge in [-0.3, -0.25) is 10.1 Å². The minimum Gasteiger partial charge on any atom is -0.451 e. The largest absolute Gasteiger partial charge is 0.451 e. The molecule has 0 fully saturated rings. The second kappa shape index (κ2) is 4.57. The Kier molecular flexibility index (Phi) is 2.87. The van der Waals surface area contributed by atoms with E-state index in [2.05, 4.69) is 4.98 Å². The molecule has 5 nitrogen and oxygen atoms in total. The maximum atomic E-state index is 13.6. The summed E-state index contributed by atoms with van der Waals surface area (Å²) in [5.74, 6) is -0.291. The molecule has 2 aromatic heterocycles. The Morgan fingerprint density at radius 2 is 2.10 bits per heavy atom. The lowest BCUT2D eigenvalue weighted by Gasteiger charge is -1.97. The molecule has 1 aromatic carbocycles. The first-order chi connectivity index (χ1) is 9.54. The number of halogens is 2. The average molecular weight is 293 g/mol. The van der Waals surface area contributed by atoms with E-state index in [0.717, 1.165) is 6.07 Å². The summed E-state index contributed by atoms with van der Waals surface area (Å²) < 4.78 is 18.9. The molecule has 0 aliphatic carbocycles. The van der Waals surface area contributed by atoms with Gasteiger partial charge in [-0.05, 0) is 12.1 Å². The van der Waals surface area contributed by atoms with Crippen LogP contribution in [0.5, 0.6) is 0 Å². The fraction of sp³-hybridized carbons (Fsp3) is 0. The van der Waals surface area contributed by atoms with Gasteiger partial charge in [-0.15, -0.1) is 0 Å². The first-order valence-corrected chi connectivity index (χ1v) is 5.93. The van der Waals surface area contributed by atoms with Crippen LogP contribution in [0, 0.1) is 15.9 Å². The normalized spacial score (nSPS) is 10.9. The highest BCUT2D eigenvalue weighted by molar-refractivity contribution is 6.29. The van der Waals surface area contributed by atoms with Crippen molar-refractivity contribution in [3.05, 3.63) is 57.5 Å². The molecule has 0 unspecified atom stereocenters. The molecule has 0 N–H and O–H groups in total. The van der Waals surface area contributed by atoms with E-state index in [-0.39, 0.29) is 27.9 Å². The Morgan fingerprint density at radius 1 is 1.30 bits per heavy atom. The van der Waals surface area contributed by atoms with E-state index < -0.39 is 10.7 Å². The molecule has 100 valence electrons. The van der Waals surface area contributed by atoms with E-state index in [1.807, 2.05) is 0 Å². The van der Waals surface area contributed by atoms with E-state index in [9.17, 15) is 14.5 Å². The lowest BCUT2D eigenvalue weighted by molar-refractivity contribution is -0.384. The van der Waals surface area contributed by atoms with Crippen LogP contribution in [-0.4, -0.2) is 9.91 Å². The highest BCUT2D eigenvalue weighted by Crippen LogP contribution is 2.31. The number of nitro groups is 1. The van der Waals surface area contributed by atoms with E-state index in [4.69, 9.17) is 16.0 Å². The number of benzene rings is 1. The fourth-order valence-corrected chi connectivity index (χ4v) is 2.07. The Morgan fingerprint density at radius 3 is 2.80 bits per heavy atom. The molecular weight excluding hydrogens is 287 g/mol. The van der Waals surface area contributed by atoms with Gasteiger partial charge in [0.25, 0.3) is 5.69 Å². The Balaban J connectivity index is 2.20. The average Bonchev–Trinajstić information content (AvgIpc) is 2.83. The van der Waals surface area contributed by atoms with Crippen LogP contribution in [0.4, 0.5) is 10.1 Å². The highest BCUT2D eigenvalue weighted by atomic mass is 35.5. The summed E-state index contributed by atoms with van der Waals surface area (Å²) in [6.45, 7) is 0. The smallest absolute Gasteiger partial charge is 0.274 e. The third-order valence-corrected chi connectivity index (χ3v) is 2.93. The molecular formula is C13H6ClFN2O3. The number of rotatable bonds is 2. The molecule has 0 saturated carbocycles. The standard InChI is InChI=1S/C13H6ClFN2O3/c14-12-6-8(17(18)19)5-10(16-12)11-4-7-2-1-3-9(15)13(7)20-11/h1-6H. The van der Waals surface area contributed by atoms with Gasteiger partial charge in [-0.2, -0.15) is 0 Å². The zero-order valence-electron chi connectivity index (χ0n) is 9.84. The van der Waals surface area contributed by atoms with E-state index in [1.54, 1.807) is 18.2 Å². The summed E-state index contributed by atoms with van der Waals surface area (Å²) in [5, 5.41) is 11.3. The van der Waals surface area contributed by atoms with Gasteiger partial charge in [-0.1, -0.05) is 23.7 Å². The second-order valence-electron chi connectivity index (χ2n) is 4.06. The molecule has 0 amide bonds. The van der Waals surface area contributed by atoms with Gasteiger partial charge in [0.2, 0.25) is 0 Å². The van der Waals surface area contributed by atoms with E-state index in [1.165, 1.54) is 12.1 Å². The number of nitrogens with zero attached hydrogens (tertiary/aromatic N) is 2. The van der Waals surface area contributed by atoms with Gasteiger partial charge in [0.15, 0.2) is 17.2 Å². The van der Waals surface area contributed by atoms with Crippen molar-refractivity contribution in [2.45, 2.75) is 0 Å². The molecule has 0 aliphatic rings. The molecule has 20 heavy (non-hydrogen) atoms. The molecule has 3 aromatic rings. The molecule has 7 heteroatoms. The number of fused-ring (bicyclic) bond motifs is 1. The van der Waals surface area contributed by atoms with Crippen LogP contribution in [0.25, 0.3) is 22.4 Å². The Bertz CT molecular complexity index is 832. The predicted octanol–water partition coefficient (Wildman–Crippen LogP) is 4.20. The Hall–Kier alpha value is -2.47. The number of hydrogen-bond donors (Lipinski definition) is 0. The van der Waals surface area contributed by atoms with E-state index in [0.29, 0.717) is 5.39 Å². The summed E-state index contributed by atoms with van der Waals surface area (Å²) in [7, 11) is 0. The zero-order chi connectivity index (χ0) is 14.3. The third kappa shape index (κ3) is 2.10. The van der Waals surface area contributed by atoms with Crippen molar-refractivity contribution in [1.82, 2.24) is 4.98 Å². The summed E-state index contributed by atoms with van der Waals surface area (Å²) >= 11 is 5.74. The molecule has 0 radical (unpaired) electrons. The Labute approximate surface area is 116 Å². The van der Waals surface area contributed by atoms with Crippen LogP contribution in [0.2, 0.25) is 5.15 Å². The van der Waals surface area contributed by atoms with Gasteiger partial charge in [0.05, 0.1) is 11.0 Å². The van der Waals surface area contributed by atoms with Gasteiger partial charge < -0.3 is 4.42 Å². The summed E-state index contributed by atoms with van der Waals surface area (Å²) in [5.41, 5.74) is 0.0488. The maximum Gasteiger partial charge on any atom is 0.274 e. The molecule has 2 heterocycles. The zero-order valence-corrected chi connectivity index (χ0v) is 10.6. The number of hydrogen-bond acceptors (Lipinski definition) is 4. The predicted molar refractivity (Wildman–Crippen MR) is 71.1 cm³/mol. The number of furan rings is 1. The minimum absolute atomic E-state index is 0.0323. The minimum atomic E-state index is -0.583. The SMILES string of the molecule is O=[N+]([O-])c1cc(Cl)nc(-c2cc3cccc(F)c3o2)c1. The van der Waals surface area contributed by atoms with Crippen LogP contribution in [0.15, 0.2) is 40.8 Å². The molecule has 0 saturated heterocycles. The fourth-order valence-electron chi connectivity index (χ4n) is 1.87. The monoisotopic (exact) mass is 292 g/mol. The summed E-state index contributed by atoms with van der Waals surface area (Å²) in [6.07, 6.45) is 0. The van der Waals surface area contributed by atoms with E-state index >= 15 is 0 Å². The number of aromatic nitrogens is 1. The lowest BCUT2D eigenvalue weighted by atomic mass is 10.2. The van der Waals surface area contributed by atoms with Gasteiger partial charge in [-0.25, -0.2) is 9.37 Å².